The molecule has 1 N–H and O–H groups in total. The molecule has 1 aliphatic rings. The largest absolute Gasteiger partial charge is 0.375 e. The predicted molar refractivity (Wildman–Crippen MR) is 69.7 cm³/mol. The summed E-state index contributed by atoms with van der Waals surface area (Å²) in [6, 6.07) is 0. The molecule has 2 heteroatoms. The van der Waals surface area contributed by atoms with E-state index in [0.29, 0.717) is 17.6 Å². The summed E-state index contributed by atoms with van der Waals surface area (Å²) in [6.07, 6.45) is 7.15. The predicted octanol–water partition coefficient (Wildman–Crippen LogP) is 3.36. The monoisotopic (exact) mass is 227 g/mol. The van der Waals surface area contributed by atoms with Crippen molar-refractivity contribution in [3.8, 4) is 0 Å². The molecule has 1 rings (SSSR count). The fourth-order valence-corrected chi connectivity index (χ4v) is 2.49. The summed E-state index contributed by atoms with van der Waals surface area (Å²) in [6.45, 7) is 11.4. The molecule has 2 nitrogen and oxygen atoms in total. The van der Waals surface area contributed by atoms with Crippen LogP contribution in [-0.2, 0) is 4.74 Å². The highest BCUT2D eigenvalue weighted by Crippen LogP contribution is 2.33. The number of ether oxygens (including phenoxy) is 1. The second-order valence-corrected chi connectivity index (χ2v) is 5.69. The molecule has 0 amide bonds. The fraction of sp³-hybridized carbons (Fsp3) is 1.00. The van der Waals surface area contributed by atoms with Gasteiger partial charge in [-0.05, 0) is 51.0 Å². The number of hydrogen-bond donors (Lipinski definition) is 1. The molecule has 0 radical (unpaired) electrons. The Labute approximate surface area is 101 Å². The zero-order valence-corrected chi connectivity index (χ0v) is 11.5. The topological polar surface area (TPSA) is 21.3 Å². The van der Waals surface area contributed by atoms with Crippen molar-refractivity contribution in [3.63, 3.8) is 0 Å². The maximum absolute atomic E-state index is 5.94. The van der Waals surface area contributed by atoms with Crippen LogP contribution in [0, 0.1) is 5.41 Å². The molecule has 3 atom stereocenters. The van der Waals surface area contributed by atoms with Gasteiger partial charge in [0.25, 0.3) is 0 Å². The van der Waals surface area contributed by atoms with Crippen molar-refractivity contribution in [2.75, 3.05) is 13.1 Å². The quantitative estimate of drug-likeness (QED) is 0.673. The lowest BCUT2D eigenvalue weighted by Gasteiger charge is -2.31. The standard InChI is InChI=1S/C14H29NO/c1-5-9-15-11-14(4,6-2)10-13-8-7-12(3)16-13/h12-13,15H,5-11H2,1-4H3. The highest BCUT2D eigenvalue weighted by Gasteiger charge is 2.30. The van der Waals surface area contributed by atoms with E-state index in [1.165, 1.54) is 32.1 Å². The van der Waals surface area contributed by atoms with Gasteiger partial charge in [0.1, 0.15) is 0 Å². The molecule has 96 valence electrons. The van der Waals surface area contributed by atoms with E-state index in [2.05, 4.69) is 33.0 Å². The van der Waals surface area contributed by atoms with Crippen LogP contribution in [0.5, 0.6) is 0 Å². The lowest BCUT2D eigenvalue weighted by Crippen LogP contribution is -2.35. The van der Waals surface area contributed by atoms with Crippen LogP contribution >= 0.6 is 0 Å². The number of hydrogen-bond acceptors (Lipinski definition) is 2. The van der Waals surface area contributed by atoms with Gasteiger partial charge >= 0.3 is 0 Å². The average Bonchev–Trinajstić information content (AvgIpc) is 2.64. The van der Waals surface area contributed by atoms with Gasteiger partial charge in [-0.3, -0.25) is 0 Å². The third-order valence-electron chi connectivity index (χ3n) is 3.87. The van der Waals surface area contributed by atoms with Gasteiger partial charge in [0.15, 0.2) is 0 Å². The van der Waals surface area contributed by atoms with Crippen molar-refractivity contribution in [3.05, 3.63) is 0 Å². The van der Waals surface area contributed by atoms with Crippen LogP contribution < -0.4 is 5.32 Å². The van der Waals surface area contributed by atoms with Gasteiger partial charge in [0, 0.05) is 6.54 Å². The molecule has 0 saturated carbocycles. The van der Waals surface area contributed by atoms with Crippen molar-refractivity contribution < 1.29 is 4.74 Å². The summed E-state index contributed by atoms with van der Waals surface area (Å²) in [4.78, 5) is 0. The summed E-state index contributed by atoms with van der Waals surface area (Å²) in [7, 11) is 0. The van der Waals surface area contributed by atoms with Gasteiger partial charge in [-0.15, -0.1) is 0 Å². The van der Waals surface area contributed by atoms with Gasteiger partial charge < -0.3 is 10.1 Å². The zero-order valence-electron chi connectivity index (χ0n) is 11.5. The van der Waals surface area contributed by atoms with Crippen molar-refractivity contribution in [1.29, 1.82) is 0 Å². The van der Waals surface area contributed by atoms with Crippen LogP contribution in [0.3, 0.4) is 0 Å². The van der Waals surface area contributed by atoms with Gasteiger partial charge in [-0.25, -0.2) is 0 Å². The molecule has 1 heterocycles. The molecule has 1 fully saturated rings. The van der Waals surface area contributed by atoms with Gasteiger partial charge in [0.05, 0.1) is 12.2 Å². The first-order valence-electron chi connectivity index (χ1n) is 6.96. The third-order valence-corrected chi connectivity index (χ3v) is 3.87. The van der Waals surface area contributed by atoms with Gasteiger partial charge in [-0.1, -0.05) is 20.8 Å². The molecule has 1 saturated heterocycles. The Bertz CT molecular complexity index is 195. The molecular formula is C14H29NO. The summed E-state index contributed by atoms with van der Waals surface area (Å²) >= 11 is 0. The minimum atomic E-state index is 0.407. The van der Waals surface area contributed by atoms with Gasteiger partial charge in [0.2, 0.25) is 0 Å². The van der Waals surface area contributed by atoms with E-state index in [1.54, 1.807) is 0 Å². The van der Waals surface area contributed by atoms with E-state index >= 15 is 0 Å². The lowest BCUT2D eigenvalue weighted by atomic mass is 9.81. The SMILES string of the molecule is CCCNCC(C)(CC)CC1CCC(C)O1. The van der Waals surface area contributed by atoms with Gasteiger partial charge in [-0.2, -0.15) is 0 Å². The summed E-state index contributed by atoms with van der Waals surface area (Å²) in [5.41, 5.74) is 0.407. The average molecular weight is 227 g/mol. The highest BCUT2D eigenvalue weighted by molar-refractivity contribution is 4.82. The maximum atomic E-state index is 5.94. The van der Waals surface area contributed by atoms with Crippen LogP contribution in [-0.4, -0.2) is 25.3 Å². The molecule has 3 unspecified atom stereocenters. The molecule has 16 heavy (non-hydrogen) atoms. The van der Waals surface area contributed by atoms with Crippen LogP contribution in [0.1, 0.15) is 59.8 Å². The molecule has 0 aromatic rings. The lowest BCUT2D eigenvalue weighted by molar-refractivity contribution is 0.0241. The molecule has 0 aromatic heterocycles. The first-order chi connectivity index (χ1) is 7.59. The Morgan fingerprint density at radius 3 is 2.56 bits per heavy atom. The summed E-state index contributed by atoms with van der Waals surface area (Å²) in [5, 5.41) is 3.56. The molecule has 0 aromatic carbocycles. The second-order valence-electron chi connectivity index (χ2n) is 5.69. The van der Waals surface area contributed by atoms with E-state index in [9.17, 15) is 0 Å². The van der Waals surface area contributed by atoms with Crippen LogP contribution in [0.15, 0.2) is 0 Å². The number of nitrogens with one attached hydrogen (secondary N) is 1. The van der Waals surface area contributed by atoms with E-state index in [4.69, 9.17) is 4.74 Å². The minimum Gasteiger partial charge on any atom is -0.375 e. The smallest absolute Gasteiger partial charge is 0.0585 e. The van der Waals surface area contributed by atoms with Crippen molar-refractivity contribution >= 4 is 0 Å². The number of rotatable bonds is 7. The Morgan fingerprint density at radius 1 is 1.31 bits per heavy atom. The maximum Gasteiger partial charge on any atom is 0.0585 e. The van der Waals surface area contributed by atoms with Crippen LogP contribution in [0.2, 0.25) is 0 Å². The fourth-order valence-electron chi connectivity index (χ4n) is 2.49. The Hall–Kier alpha value is -0.0800. The van der Waals surface area contributed by atoms with E-state index < -0.39 is 0 Å². The minimum absolute atomic E-state index is 0.407. The molecule has 0 spiro atoms. The van der Waals surface area contributed by atoms with Crippen molar-refractivity contribution in [1.82, 2.24) is 5.32 Å². The zero-order chi connectivity index (χ0) is 12.0. The van der Waals surface area contributed by atoms with Crippen LogP contribution in [0.4, 0.5) is 0 Å². The van der Waals surface area contributed by atoms with Crippen molar-refractivity contribution in [2.24, 2.45) is 5.41 Å². The van der Waals surface area contributed by atoms with E-state index in [1.807, 2.05) is 0 Å². The first kappa shape index (κ1) is 14.0. The summed E-state index contributed by atoms with van der Waals surface area (Å²) < 4.78 is 5.94. The van der Waals surface area contributed by atoms with E-state index in [0.717, 1.165) is 13.1 Å². The first-order valence-corrected chi connectivity index (χ1v) is 6.96. The van der Waals surface area contributed by atoms with Crippen molar-refractivity contribution in [2.45, 2.75) is 72.0 Å². The molecule has 0 aliphatic carbocycles. The Morgan fingerprint density at radius 2 is 2.06 bits per heavy atom. The normalized spacial score (nSPS) is 29.2. The molecule has 0 bridgehead atoms. The summed E-state index contributed by atoms with van der Waals surface area (Å²) in [5.74, 6) is 0. The Balaban J connectivity index is 2.33. The molecular weight excluding hydrogens is 198 g/mol. The second kappa shape index (κ2) is 6.61. The molecule has 1 aliphatic heterocycles. The third kappa shape index (κ3) is 4.42. The highest BCUT2D eigenvalue weighted by atomic mass is 16.5. The van der Waals surface area contributed by atoms with Crippen LogP contribution in [0.25, 0.3) is 0 Å². The van der Waals surface area contributed by atoms with E-state index in [-0.39, 0.29) is 0 Å². The Kier molecular flexibility index (Phi) is 5.77.